The minimum absolute atomic E-state index is 0.108. The van der Waals surface area contributed by atoms with Crippen LogP contribution >= 0.6 is 11.8 Å². The molecule has 1 aromatic heterocycles. The number of hydrogen-bond donors (Lipinski definition) is 0. The summed E-state index contributed by atoms with van der Waals surface area (Å²) in [6.07, 6.45) is 2.61. The highest BCUT2D eigenvalue weighted by Crippen LogP contribution is 2.35. The fraction of sp³-hybridized carbons (Fsp3) is 0.286. The molecule has 0 N–H and O–H groups in total. The van der Waals surface area contributed by atoms with Gasteiger partial charge in [-0.05, 0) is 50.5 Å². The number of amides is 1. The number of hydrogen-bond acceptors (Lipinski definition) is 4. The Kier molecular flexibility index (Phi) is 4.74. The van der Waals surface area contributed by atoms with Crippen LogP contribution in [-0.4, -0.2) is 32.0 Å². The third kappa shape index (κ3) is 3.25. The molecule has 1 aliphatic rings. The molecule has 1 amide bonds. The quantitative estimate of drug-likeness (QED) is 0.643. The molecule has 2 aromatic carbocycles. The Morgan fingerprint density at radius 2 is 1.85 bits per heavy atom. The van der Waals surface area contributed by atoms with Gasteiger partial charge in [0, 0.05) is 11.7 Å². The van der Waals surface area contributed by atoms with E-state index in [1.165, 1.54) is 17.3 Å². The van der Waals surface area contributed by atoms with Crippen molar-refractivity contribution in [1.29, 1.82) is 0 Å². The van der Waals surface area contributed by atoms with E-state index >= 15 is 0 Å². The van der Waals surface area contributed by atoms with Crippen LogP contribution < -0.4 is 4.90 Å². The van der Waals surface area contributed by atoms with Gasteiger partial charge in [0.05, 0.1) is 10.9 Å². The molecule has 0 radical (unpaired) electrons. The summed E-state index contributed by atoms with van der Waals surface area (Å²) in [4.78, 5) is 15.1. The fourth-order valence-corrected chi connectivity index (χ4v) is 4.49. The van der Waals surface area contributed by atoms with E-state index < -0.39 is 0 Å². The molecule has 3 aromatic rings. The molecule has 4 rings (SSSR count). The Labute approximate surface area is 163 Å². The van der Waals surface area contributed by atoms with Gasteiger partial charge in [-0.3, -0.25) is 9.36 Å². The molecule has 5 nitrogen and oxygen atoms in total. The van der Waals surface area contributed by atoms with E-state index in [1.54, 1.807) is 6.33 Å². The molecule has 6 heteroatoms. The second-order valence-electron chi connectivity index (χ2n) is 6.92. The maximum Gasteiger partial charge on any atom is 0.240 e. The number of benzene rings is 2. The van der Waals surface area contributed by atoms with Crippen molar-refractivity contribution in [2.24, 2.45) is 0 Å². The molecule has 27 heavy (non-hydrogen) atoms. The van der Waals surface area contributed by atoms with Gasteiger partial charge in [-0.15, -0.1) is 10.2 Å². The van der Waals surface area contributed by atoms with Crippen LogP contribution in [0.3, 0.4) is 0 Å². The normalized spacial score (nSPS) is 17.0. The van der Waals surface area contributed by atoms with Gasteiger partial charge in [0.25, 0.3) is 0 Å². The van der Waals surface area contributed by atoms with Gasteiger partial charge in [-0.1, -0.05) is 48.2 Å². The van der Waals surface area contributed by atoms with Gasteiger partial charge >= 0.3 is 0 Å². The maximum atomic E-state index is 13.2. The Balaban J connectivity index is 1.57. The predicted molar refractivity (Wildman–Crippen MR) is 109 cm³/mol. The third-order valence-corrected chi connectivity index (χ3v) is 6.01. The number of aryl methyl sites for hydroxylation is 1. The second-order valence-corrected chi connectivity index (χ2v) is 8.23. The monoisotopic (exact) mass is 378 g/mol. The molecule has 0 saturated carbocycles. The summed E-state index contributed by atoms with van der Waals surface area (Å²) < 4.78 is 1.95. The number of anilines is 1. The van der Waals surface area contributed by atoms with Gasteiger partial charge in [0.15, 0.2) is 5.16 Å². The summed E-state index contributed by atoms with van der Waals surface area (Å²) in [6.45, 7) is 6.10. The fourth-order valence-electron chi connectivity index (χ4n) is 3.61. The van der Waals surface area contributed by atoms with Crippen molar-refractivity contribution in [3.8, 4) is 5.69 Å². The lowest BCUT2D eigenvalue weighted by Gasteiger charge is -2.25. The first-order valence-corrected chi connectivity index (χ1v) is 9.98. The lowest BCUT2D eigenvalue weighted by molar-refractivity contribution is -0.118. The van der Waals surface area contributed by atoms with Gasteiger partial charge in [-0.2, -0.15) is 0 Å². The molecule has 2 atom stereocenters. The van der Waals surface area contributed by atoms with Gasteiger partial charge in [-0.25, -0.2) is 0 Å². The standard InChI is InChI=1S/C21H22N4OS/c1-14-8-4-6-10-18(14)24-13-22-23-21(24)27-16(3)20(26)25-15(2)12-17-9-5-7-11-19(17)25/h4-11,13,15-16H,12H2,1-3H3/t15-,16+/m0/s1. The van der Waals surface area contributed by atoms with Crippen LogP contribution in [-0.2, 0) is 11.2 Å². The van der Waals surface area contributed by atoms with Crippen molar-refractivity contribution < 1.29 is 4.79 Å². The molecule has 0 spiro atoms. The topological polar surface area (TPSA) is 51.0 Å². The Bertz CT molecular complexity index is 984. The molecular formula is C21H22N4OS. The molecule has 0 bridgehead atoms. The first-order chi connectivity index (χ1) is 13.1. The van der Waals surface area contributed by atoms with E-state index in [9.17, 15) is 4.79 Å². The van der Waals surface area contributed by atoms with Crippen molar-refractivity contribution in [2.45, 2.75) is 43.6 Å². The molecular weight excluding hydrogens is 356 g/mol. The molecule has 1 aliphatic heterocycles. The summed E-state index contributed by atoms with van der Waals surface area (Å²) in [5.41, 5.74) is 4.44. The zero-order valence-electron chi connectivity index (χ0n) is 15.7. The van der Waals surface area contributed by atoms with Crippen molar-refractivity contribution in [3.63, 3.8) is 0 Å². The van der Waals surface area contributed by atoms with Crippen LogP contribution in [0.2, 0.25) is 0 Å². The van der Waals surface area contributed by atoms with Crippen LogP contribution in [0.4, 0.5) is 5.69 Å². The summed E-state index contributed by atoms with van der Waals surface area (Å²) in [5.74, 6) is 0.108. The molecule has 0 fully saturated rings. The van der Waals surface area contributed by atoms with Crippen LogP contribution in [0.1, 0.15) is 25.0 Å². The number of carbonyl (C=O) groups is 1. The average molecular weight is 379 g/mol. The van der Waals surface area contributed by atoms with E-state index in [2.05, 4.69) is 36.2 Å². The Morgan fingerprint density at radius 1 is 1.15 bits per heavy atom. The minimum Gasteiger partial charge on any atom is -0.308 e. The average Bonchev–Trinajstić information content (AvgIpc) is 3.24. The first kappa shape index (κ1) is 17.8. The van der Waals surface area contributed by atoms with E-state index in [4.69, 9.17) is 0 Å². The lowest BCUT2D eigenvalue weighted by atomic mass is 10.1. The highest BCUT2D eigenvalue weighted by atomic mass is 32.2. The van der Waals surface area contributed by atoms with Gasteiger partial charge < -0.3 is 4.90 Å². The largest absolute Gasteiger partial charge is 0.308 e. The minimum atomic E-state index is -0.259. The number of rotatable bonds is 4. The van der Waals surface area contributed by atoms with Crippen LogP contribution in [0.5, 0.6) is 0 Å². The maximum absolute atomic E-state index is 13.2. The summed E-state index contributed by atoms with van der Waals surface area (Å²) in [7, 11) is 0. The van der Waals surface area contributed by atoms with Crippen molar-refractivity contribution in [3.05, 3.63) is 66.0 Å². The van der Waals surface area contributed by atoms with Crippen LogP contribution in [0, 0.1) is 6.92 Å². The van der Waals surface area contributed by atoms with E-state index in [0.29, 0.717) is 0 Å². The first-order valence-electron chi connectivity index (χ1n) is 9.10. The SMILES string of the molecule is Cc1ccccc1-n1cnnc1S[C@H](C)C(=O)N1c2ccccc2C[C@@H]1C. The van der Waals surface area contributed by atoms with Crippen molar-refractivity contribution in [2.75, 3.05) is 4.90 Å². The van der Waals surface area contributed by atoms with Crippen LogP contribution in [0.25, 0.3) is 5.69 Å². The Hall–Kier alpha value is -2.60. The summed E-state index contributed by atoms with van der Waals surface area (Å²) in [5, 5.41) is 8.79. The van der Waals surface area contributed by atoms with E-state index in [1.807, 2.05) is 52.8 Å². The second kappa shape index (κ2) is 7.19. The number of fused-ring (bicyclic) bond motifs is 1. The van der Waals surface area contributed by atoms with Crippen LogP contribution in [0.15, 0.2) is 60.0 Å². The number of para-hydroxylation sites is 2. The molecule has 138 valence electrons. The van der Waals surface area contributed by atoms with Crippen molar-refractivity contribution >= 4 is 23.4 Å². The molecule has 2 heterocycles. The smallest absolute Gasteiger partial charge is 0.240 e. The van der Waals surface area contributed by atoms with Gasteiger partial charge in [0.2, 0.25) is 5.91 Å². The number of carbonyl (C=O) groups excluding carboxylic acids is 1. The van der Waals surface area contributed by atoms with Crippen molar-refractivity contribution in [1.82, 2.24) is 14.8 Å². The zero-order valence-corrected chi connectivity index (χ0v) is 16.5. The predicted octanol–water partition coefficient (Wildman–Crippen LogP) is 4.03. The molecule has 0 unspecified atom stereocenters. The highest BCUT2D eigenvalue weighted by Gasteiger charge is 2.33. The summed E-state index contributed by atoms with van der Waals surface area (Å²) >= 11 is 1.45. The number of thioether (sulfide) groups is 1. The summed E-state index contributed by atoms with van der Waals surface area (Å²) in [6, 6.07) is 16.4. The number of nitrogens with zero attached hydrogens (tertiary/aromatic N) is 4. The Morgan fingerprint density at radius 3 is 2.63 bits per heavy atom. The molecule has 0 aliphatic carbocycles. The zero-order chi connectivity index (χ0) is 19.0. The number of aromatic nitrogens is 3. The van der Waals surface area contributed by atoms with Gasteiger partial charge in [0.1, 0.15) is 6.33 Å². The highest BCUT2D eigenvalue weighted by molar-refractivity contribution is 8.00. The van der Waals surface area contributed by atoms with E-state index in [-0.39, 0.29) is 17.2 Å². The molecule has 0 saturated heterocycles. The lowest BCUT2D eigenvalue weighted by Crippen LogP contribution is -2.40. The third-order valence-electron chi connectivity index (χ3n) is 4.97. The van der Waals surface area contributed by atoms with E-state index in [0.717, 1.165) is 28.5 Å².